The van der Waals surface area contributed by atoms with E-state index in [0.717, 1.165) is 49.8 Å². The van der Waals surface area contributed by atoms with Crippen molar-refractivity contribution in [3.63, 3.8) is 0 Å². The first-order valence-corrected chi connectivity index (χ1v) is 11.5. The van der Waals surface area contributed by atoms with Crippen molar-refractivity contribution >= 4 is 22.6 Å². The van der Waals surface area contributed by atoms with Crippen molar-refractivity contribution in [2.75, 3.05) is 26.2 Å². The number of likely N-dealkylation sites (tertiary alicyclic amines) is 2. The van der Waals surface area contributed by atoms with E-state index in [9.17, 15) is 19.7 Å². The highest BCUT2D eigenvalue weighted by molar-refractivity contribution is 5.94. The summed E-state index contributed by atoms with van der Waals surface area (Å²) in [5, 5.41) is 10.8. The van der Waals surface area contributed by atoms with Crippen molar-refractivity contribution in [2.24, 2.45) is 0 Å². The van der Waals surface area contributed by atoms with Gasteiger partial charge < -0.3 is 14.8 Å². The summed E-state index contributed by atoms with van der Waals surface area (Å²) in [6.45, 7) is 3.25. The molecule has 0 atom stereocenters. The zero-order chi connectivity index (χ0) is 22.9. The van der Waals surface area contributed by atoms with Crippen molar-refractivity contribution in [3.8, 4) is 0 Å². The molecule has 9 heteroatoms. The molecule has 0 unspecified atom stereocenters. The van der Waals surface area contributed by atoms with Gasteiger partial charge >= 0.3 is 5.69 Å². The number of nitrogens with one attached hydrogen (secondary N) is 1. The van der Waals surface area contributed by atoms with Crippen LogP contribution in [-0.4, -0.2) is 62.4 Å². The van der Waals surface area contributed by atoms with Crippen LogP contribution in [0, 0.1) is 10.1 Å². The first-order chi connectivity index (χ1) is 16.0. The first kappa shape index (κ1) is 21.4. The lowest BCUT2D eigenvalue weighted by molar-refractivity contribution is -0.384. The molecule has 0 aliphatic carbocycles. The quantitative estimate of drug-likeness (QED) is 0.487. The van der Waals surface area contributed by atoms with Gasteiger partial charge in [0.2, 0.25) is 0 Å². The number of piperidine rings is 2. The van der Waals surface area contributed by atoms with Crippen LogP contribution in [0.3, 0.4) is 0 Å². The van der Waals surface area contributed by atoms with Gasteiger partial charge in [-0.15, -0.1) is 0 Å². The molecule has 2 aliphatic rings. The maximum Gasteiger partial charge on any atom is 0.326 e. The third-order valence-electron chi connectivity index (χ3n) is 7.08. The number of rotatable bonds is 4. The summed E-state index contributed by atoms with van der Waals surface area (Å²) in [5.74, 6) is -0.0687. The van der Waals surface area contributed by atoms with Crippen LogP contribution in [0.5, 0.6) is 0 Å². The van der Waals surface area contributed by atoms with Crippen LogP contribution >= 0.6 is 0 Å². The summed E-state index contributed by atoms with van der Waals surface area (Å²) in [6.07, 6.45) is 3.69. The fourth-order valence-corrected chi connectivity index (χ4v) is 5.29. The predicted octanol–water partition coefficient (Wildman–Crippen LogP) is 3.18. The normalized spacial score (nSPS) is 18.6. The molecule has 0 saturated carbocycles. The van der Waals surface area contributed by atoms with Crippen LogP contribution in [0.1, 0.15) is 42.1 Å². The molecule has 172 valence electrons. The number of H-pyrrole nitrogens is 1. The largest absolute Gasteiger partial charge is 0.339 e. The van der Waals surface area contributed by atoms with E-state index < -0.39 is 4.92 Å². The minimum absolute atomic E-state index is 0.0106. The second-order valence-corrected chi connectivity index (χ2v) is 8.91. The molecule has 5 rings (SSSR count). The van der Waals surface area contributed by atoms with Gasteiger partial charge in [-0.1, -0.05) is 12.1 Å². The van der Waals surface area contributed by atoms with Gasteiger partial charge in [-0.25, -0.2) is 4.79 Å². The molecular weight excluding hydrogens is 422 g/mol. The Morgan fingerprint density at radius 1 is 0.909 bits per heavy atom. The third-order valence-corrected chi connectivity index (χ3v) is 7.08. The number of nitro benzene ring substituents is 1. The lowest BCUT2D eigenvalue weighted by atomic mass is 9.97. The van der Waals surface area contributed by atoms with Crippen molar-refractivity contribution in [1.29, 1.82) is 0 Å². The molecule has 1 aromatic heterocycles. The Hall–Kier alpha value is -3.46. The van der Waals surface area contributed by atoms with Crippen LogP contribution < -0.4 is 5.69 Å². The van der Waals surface area contributed by atoms with Gasteiger partial charge in [-0.3, -0.25) is 19.5 Å². The number of para-hydroxylation sites is 2. The van der Waals surface area contributed by atoms with E-state index in [-0.39, 0.29) is 23.3 Å². The van der Waals surface area contributed by atoms with E-state index in [1.54, 1.807) is 0 Å². The zero-order valence-electron chi connectivity index (χ0n) is 18.4. The molecule has 2 aliphatic heterocycles. The smallest absolute Gasteiger partial charge is 0.326 e. The van der Waals surface area contributed by atoms with Gasteiger partial charge in [0.1, 0.15) is 0 Å². The molecule has 2 aromatic carbocycles. The average molecular weight is 450 g/mol. The third kappa shape index (κ3) is 4.16. The highest BCUT2D eigenvalue weighted by Crippen LogP contribution is 2.28. The predicted molar refractivity (Wildman–Crippen MR) is 124 cm³/mol. The van der Waals surface area contributed by atoms with Crippen molar-refractivity contribution in [3.05, 3.63) is 74.7 Å². The maximum absolute atomic E-state index is 12.8. The number of carbonyl (C=O) groups is 1. The first-order valence-electron chi connectivity index (χ1n) is 11.5. The number of amides is 1. The highest BCUT2D eigenvalue weighted by atomic mass is 16.6. The standard InChI is InChI=1S/C24H27N5O4/c30-23(17-5-7-20(8-6-17)29(32)33)27-15-9-18(10-16-27)26-13-11-19(12-14-26)28-22-4-2-1-3-21(22)25-24(28)31/h1-8,18-19H,9-16H2,(H,25,31). The molecule has 0 spiro atoms. The van der Waals surface area contributed by atoms with Crippen LogP contribution in [-0.2, 0) is 0 Å². The Morgan fingerprint density at radius 3 is 2.21 bits per heavy atom. The Kier molecular flexibility index (Phi) is 5.72. The topological polar surface area (TPSA) is 104 Å². The van der Waals surface area contributed by atoms with Crippen molar-refractivity contribution in [2.45, 2.75) is 37.8 Å². The van der Waals surface area contributed by atoms with Gasteiger partial charge in [0.25, 0.3) is 11.6 Å². The van der Waals surface area contributed by atoms with E-state index in [2.05, 4.69) is 9.88 Å². The molecule has 1 amide bonds. The van der Waals surface area contributed by atoms with E-state index >= 15 is 0 Å². The Morgan fingerprint density at radius 2 is 1.55 bits per heavy atom. The second-order valence-electron chi connectivity index (χ2n) is 8.91. The molecule has 0 radical (unpaired) electrons. The molecule has 1 N–H and O–H groups in total. The molecule has 0 bridgehead atoms. The Bertz CT molecular complexity index is 1220. The number of aromatic amines is 1. The number of benzene rings is 2. The Balaban J connectivity index is 1.16. The number of hydrogen-bond acceptors (Lipinski definition) is 5. The van der Waals surface area contributed by atoms with E-state index in [0.29, 0.717) is 24.7 Å². The average Bonchev–Trinajstić information content (AvgIpc) is 3.19. The van der Waals surface area contributed by atoms with Crippen LogP contribution in [0.15, 0.2) is 53.3 Å². The summed E-state index contributed by atoms with van der Waals surface area (Å²) in [6, 6.07) is 14.3. The fraction of sp³-hybridized carbons (Fsp3) is 0.417. The molecule has 2 fully saturated rings. The second kappa shape index (κ2) is 8.82. The molecule has 9 nitrogen and oxygen atoms in total. The maximum atomic E-state index is 12.8. The van der Waals surface area contributed by atoms with Gasteiger partial charge in [0.15, 0.2) is 0 Å². The van der Waals surface area contributed by atoms with Gasteiger partial charge in [0, 0.05) is 56.0 Å². The van der Waals surface area contributed by atoms with Gasteiger partial charge in [0.05, 0.1) is 16.0 Å². The molecule has 3 aromatic rings. The number of fused-ring (bicyclic) bond motifs is 1. The summed E-state index contributed by atoms with van der Waals surface area (Å²) in [5.41, 5.74) is 2.30. The minimum atomic E-state index is -0.460. The summed E-state index contributed by atoms with van der Waals surface area (Å²) in [4.78, 5) is 43.0. The summed E-state index contributed by atoms with van der Waals surface area (Å²) < 4.78 is 1.91. The van der Waals surface area contributed by atoms with E-state index in [4.69, 9.17) is 0 Å². The molecule has 33 heavy (non-hydrogen) atoms. The number of hydrogen-bond donors (Lipinski definition) is 1. The van der Waals surface area contributed by atoms with E-state index in [1.165, 1.54) is 24.3 Å². The monoisotopic (exact) mass is 449 g/mol. The Labute approximate surface area is 190 Å². The van der Waals surface area contributed by atoms with Gasteiger partial charge in [-0.2, -0.15) is 0 Å². The van der Waals surface area contributed by atoms with Crippen molar-refractivity contribution < 1.29 is 9.72 Å². The zero-order valence-corrected chi connectivity index (χ0v) is 18.4. The van der Waals surface area contributed by atoms with Crippen LogP contribution in [0.2, 0.25) is 0 Å². The number of non-ortho nitro benzene ring substituents is 1. The lowest BCUT2D eigenvalue weighted by Gasteiger charge is -2.42. The SMILES string of the molecule is O=C(c1ccc([N+](=O)[O-])cc1)N1CCC(N2CCC(n3c(=O)[nH]c4ccccc43)CC2)CC1. The van der Waals surface area contributed by atoms with Crippen LogP contribution in [0.4, 0.5) is 5.69 Å². The fourth-order valence-electron chi connectivity index (χ4n) is 5.29. The van der Waals surface area contributed by atoms with E-state index in [1.807, 2.05) is 33.7 Å². The number of imidazole rings is 1. The molecule has 2 saturated heterocycles. The summed E-state index contributed by atoms with van der Waals surface area (Å²) in [7, 11) is 0. The van der Waals surface area contributed by atoms with Crippen LogP contribution in [0.25, 0.3) is 11.0 Å². The molecule has 3 heterocycles. The number of carbonyl (C=O) groups excluding carboxylic acids is 1. The minimum Gasteiger partial charge on any atom is -0.339 e. The van der Waals surface area contributed by atoms with Gasteiger partial charge in [-0.05, 0) is 49.9 Å². The lowest BCUT2D eigenvalue weighted by Crippen LogP contribution is -2.49. The summed E-state index contributed by atoms with van der Waals surface area (Å²) >= 11 is 0. The number of aromatic nitrogens is 2. The number of nitrogens with zero attached hydrogens (tertiary/aromatic N) is 4. The molecular formula is C24H27N5O4. The number of nitro groups is 1. The van der Waals surface area contributed by atoms with Crippen molar-refractivity contribution in [1.82, 2.24) is 19.4 Å². The highest BCUT2D eigenvalue weighted by Gasteiger charge is 2.31.